The van der Waals surface area contributed by atoms with Crippen LogP contribution in [0.1, 0.15) is 5.56 Å². The maximum absolute atomic E-state index is 12.3. The van der Waals surface area contributed by atoms with Crippen molar-refractivity contribution in [2.45, 2.75) is 6.18 Å². The van der Waals surface area contributed by atoms with E-state index < -0.39 is 12.8 Å². The molecule has 0 amide bonds. The van der Waals surface area contributed by atoms with Gasteiger partial charge in [0.15, 0.2) is 6.61 Å². The number of rotatable bonds is 6. The van der Waals surface area contributed by atoms with E-state index in [1.54, 1.807) is 18.2 Å². The zero-order valence-corrected chi connectivity index (χ0v) is 14.2. The lowest BCUT2D eigenvalue weighted by Crippen LogP contribution is -2.19. The Labute approximate surface area is 152 Å². The predicted molar refractivity (Wildman–Crippen MR) is 96.8 cm³/mol. The van der Waals surface area contributed by atoms with Crippen LogP contribution in [0.25, 0.3) is 11.3 Å². The van der Waals surface area contributed by atoms with E-state index in [2.05, 4.69) is 15.5 Å². The molecule has 0 bridgehead atoms. The normalized spacial score (nSPS) is 11.7. The third-order valence-electron chi connectivity index (χ3n) is 3.25. The number of halogens is 3. The molecule has 0 radical (unpaired) electrons. The maximum Gasteiger partial charge on any atom is 0.422 e. The van der Waals surface area contributed by atoms with Gasteiger partial charge in [0.05, 0.1) is 11.9 Å². The van der Waals surface area contributed by atoms with Crippen molar-refractivity contribution in [3.63, 3.8) is 0 Å². The lowest BCUT2D eigenvalue weighted by Gasteiger charge is -2.10. The van der Waals surface area contributed by atoms with E-state index >= 15 is 0 Å². The average Bonchev–Trinajstić information content (AvgIpc) is 3.10. The number of benzene rings is 2. The molecule has 1 aromatic heterocycles. The molecule has 0 aliphatic rings. The number of ether oxygens (including phenoxy) is 1. The lowest BCUT2D eigenvalue weighted by molar-refractivity contribution is -0.153. The molecular weight excluding hydrogens is 363 g/mol. The molecule has 8 heteroatoms. The molecule has 0 saturated heterocycles. The Kier molecular flexibility index (Phi) is 5.52. The van der Waals surface area contributed by atoms with Crippen molar-refractivity contribution < 1.29 is 17.9 Å². The Balaban J connectivity index is 1.65. The largest absolute Gasteiger partial charge is 0.483 e. The second-order valence-corrected chi connectivity index (χ2v) is 6.07. The highest BCUT2D eigenvalue weighted by atomic mass is 32.1. The zero-order valence-electron chi connectivity index (χ0n) is 13.4. The van der Waals surface area contributed by atoms with Crippen molar-refractivity contribution in [3.05, 3.63) is 65.5 Å². The van der Waals surface area contributed by atoms with Gasteiger partial charge >= 0.3 is 6.18 Å². The molecule has 0 saturated carbocycles. The van der Waals surface area contributed by atoms with Gasteiger partial charge in [0.25, 0.3) is 0 Å². The van der Waals surface area contributed by atoms with Gasteiger partial charge in [0.1, 0.15) is 5.75 Å². The molecule has 0 unspecified atom stereocenters. The number of hydrazone groups is 1. The first-order valence-corrected chi connectivity index (χ1v) is 8.48. The Bertz CT molecular complexity index is 879. The second kappa shape index (κ2) is 8.01. The summed E-state index contributed by atoms with van der Waals surface area (Å²) in [5.41, 5.74) is 5.03. The number of hydrogen-bond acceptors (Lipinski definition) is 5. The number of para-hydroxylation sites is 1. The third kappa shape index (κ3) is 5.06. The van der Waals surface area contributed by atoms with Gasteiger partial charge in [-0.05, 0) is 12.1 Å². The molecule has 3 aromatic rings. The number of thiazole rings is 1. The second-order valence-electron chi connectivity index (χ2n) is 5.22. The van der Waals surface area contributed by atoms with Crippen LogP contribution in [0.15, 0.2) is 65.1 Å². The van der Waals surface area contributed by atoms with Gasteiger partial charge in [-0.1, -0.05) is 42.5 Å². The van der Waals surface area contributed by atoms with E-state index in [-0.39, 0.29) is 5.75 Å². The van der Waals surface area contributed by atoms with Gasteiger partial charge in [0, 0.05) is 16.5 Å². The number of aromatic nitrogens is 1. The Morgan fingerprint density at radius 1 is 1.08 bits per heavy atom. The number of nitrogens with zero attached hydrogens (tertiary/aromatic N) is 2. The number of nitrogens with one attached hydrogen (secondary N) is 1. The summed E-state index contributed by atoms with van der Waals surface area (Å²) in [6.45, 7) is -1.35. The summed E-state index contributed by atoms with van der Waals surface area (Å²) in [5.74, 6) is 0.111. The SMILES string of the molecule is FC(F)(F)COc1ccccc1C=NNc1nc(-c2ccccc2)cs1. The summed E-state index contributed by atoms with van der Waals surface area (Å²) in [5, 5.41) is 6.51. The molecule has 26 heavy (non-hydrogen) atoms. The van der Waals surface area contributed by atoms with E-state index in [1.165, 1.54) is 23.6 Å². The van der Waals surface area contributed by atoms with E-state index in [9.17, 15) is 13.2 Å². The molecule has 1 heterocycles. The van der Waals surface area contributed by atoms with Crippen molar-refractivity contribution in [1.29, 1.82) is 0 Å². The summed E-state index contributed by atoms with van der Waals surface area (Å²) < 4.78 is 41.7. The fraction of sp³-hybridized carbons (Fsp3) is 0.111. The minimum absolute atomic E-state index is 0.111. The number of alkyl halides is 3. The van der Waals surface area contributed by atoms with Crippen LogP contribution in [0.3, 0.4) is 0 Å². The highest BCUT2D eigenvalue weighted by Gasteiger charge is 2.28. The van der Waals surface area contributed by atoms with E-state index in [0.29, 0.717) is 10.7 Å². The molecule has 2 aromatic carbocycles. The number of hydrogen-bond donors (Lipinski definition) is 1. The van der Waals surface area contributed by atoms with Gasteiger partial charge in [-0.3, -0.25) is 5.43 Å². The minimum atomic E-state index is -4.39. The predicted octanol–water partition coefficient (Wildman–Crippen LogP) is 5.20. The van der Waals surface area contributed by atoms with Crippen LogP contribution in [-0.4, -0.2) is 24.0 Å². The molecule has 134 valence electrons. The van der Waals surface area contributed by atoms with Crippen LogP contribution >= 0.6 is 11.3 Å². The maximum atomic E-state index is 12.3. The van der Waals surface area contributed by atoms with Crippen molar-refractivity contribution in [1.82, 2.24) is 4.98 Å². The Hall–Kier alpha value is -2.87. The van der Waals surface area contributed by atoms with Crippen LogP contribution in [0.5, 0.6) is 5.75 Å². The van der Waals surface area contributed by atoms with E-state index in [0.717, 1.165) is 11.3 Å². The van der Waals surface area contributed by atoms with Crippen LogP contribution in [-0.2, 0) is 0 Å². The Morgan fingerprint density at radius 3 is 2.58 bits per heavy atom. The fourth-order valence-electron chi connectivity index (χ4n) is 2.10. The topological polar surface area (TPSA) is 46.5 Å². The highest BCUT2D eigenvalue weighted by molar-refractivity contribution is 7.14. The minimum Gasteiger partial charge on any atom is -0.483 e. The van der Waals surface area contributed by atoms with Crippen LogP contribution < -0.4 is 10.2 Å². The van der Waals surface area contributed by atoms with E-state index in [1.807, 2.05) is 35.7 Å². The molecule has 0 atom stereocenters. The van der Waals surface area contributed by atoms with Crippen LogP contribution in [0, 0.1) is 0 Å². The van der Waals surface area contributed by atoms with Crippen molar-refractivity contribution >= 4 is 22.7 Å². The summed E-state index contributed by atoms with van der Waals surface area (Å²) in [6, 6.07) is 16.1. The first-order valence-electron chi connectivity index (χ1n) is 7.60. The molecular formula is C18H14F3N3OS. The molecule has 1 N–H and O–H groups in total. The fourth-order valence-corrected chi connectivity index (χ4v) is 2.77. The van der Waals surface area contributed by atoms with Gasteiger partial charge in [-0.25, -0.2) is 4.98 Å². The smallest absolute Gasteiger partial charge is 0.422 e. The molecule has 0 fully saturated rings. The van der Waals surface area contributed by atoms with Crippen molar-refractivity contribution in [2.75, 3.05) is 12.0 Å². The van der Waals surface area contributed by atoms with Crippen LogP contribution in [0.4, 0.5) is 18.3 Å². The van der Waals surface area contributed by atoms with Crippen LogP contribution in [0.2, 0.25) is 0 Å². The van der Waals surface area contributed by atoms with Gasteiger partial charge in [-0.2, -0.15) is 18.3 Å². The van der Waals surface area contributed by atoms with Gasteiger partial charge in [-0.15, -0.1) is 11.3 Å². The monoisotopic (exact) mass is 377 g/mol. The summed E-state index contributed by atoms with van der Waals surface area (Å²) >= 11 is 1.38. The zero-order chi connectivity index (χ0) is 18.4. The first kappa shape index (κ1) is 17.9. The van der Waals surface area contributed by atoms with Gasteiger partial charge < -0.3 is 4.74 Å². The molecule has 3 rings (SSSR count). The van der Waals surface area contributed by atoms with Crippen molar-refractivity contribution in [2.24, 2.45) is 5.10 Å². The average molecular weight is 377 g/mol. The number of anilines is 1. The Morgan fingerprint density at radius 2 is 1.81 bits per heavy atom. The molecule has 0 spiro atoms. The molecule has 0 aliphatic carbocycles. The summed E-state index contributed by atoms with van der Waals surface area (Å²) in [4.78, 5) is 4.42. The molecule has 4 nitrogen and oxygen atoms in total. The lowest BCUT2D eigenvalue weighted by atomic mass is 10.2. The third-order valence-corrected chi connectivity index (χ3v) is 3.99. The highest BCUT2D eigenvalue weighted by Crippen LogP contribution is 2.25. The van der Waals surface area contributed by atoms with Crippen molar-refractivity contribution in [3.8, 4) is 17.0 Å². The van der Waals surface area contributed by atoms with Gasteiger partial charge in [0.2, 0.25) is 5.13 Å². The quantitative estimate of drug-likeness (QED) is 0.475. The van der Waals surface area contributed by atoms with E-state index in [4.69, 9.17) is 4.74 Å². The summed E-state index contributed by atoms with van der Waals surface area (Å²) in [7, 11) is 0. The summed E-state index contributed by atoms with van der Waals surface area (Å²) in [6.07, 6.45) is -2.99. The first-order chi connectivity index (χ1) is 12.5. The standard InChI is InChI=1S/C18H14F3N3OS/c19-18(20,21)12-25-16-9-5-4-8-14(16)10-22-24-17-23-15(11-26-17)13-6-2-1-3-7-13/h1-11H,12H2,(H,23,24). The molecule has 0 aliphatic heterocycles.